The summed E-state index contributed by atoms with van der Waals surface area (Å²) >= 11 is 0. The number of nitrogens with one attached hydrogen (secondary N) is 2. The molecule has 1 saturated heterocycles. The van der Waals surface area contributed by atoms with Crippen molar-refractivity contribution in [3.05, 3.63) is 0 Å². The second-order valence-electron chi connectivity index (χ2n) is 4.53. The normalized spacial score (nSPS) is 23.2. The van der Waals surface area contributed by atoms with Crippen LogP contribution in [0.15, 0.2) is 0 Å². The van der Waals surface area contributed by atoms with Gasteiger partial charge in [0.15, 0.2) is 0 Å². The molecule has 14 heavy (non-hydrogen) atoms. The molecule has 0 aromatic carbocycles. The van der Waals surface area contributed by atoms with Crippen molar-refractivity contribution in [2.75, 3.05) is 13.2 Å². The van der Waals surface area contributed by atoms with Gasteiger partial charge in [-0.25, -0.2) is 0 Å². The predicted molar refractivity (Wildman–Crippen MR) is 54.9 cm³/mol. The molecule has 0 spiro atoms. The summed E-state index contributed by atoms with van der Waals surface area (Å²) in [5, 5.41) is 15.0. The van der Waals surface area contributed by atoms with Crippen molar-refractivity contribution in [2.45, 2.75) is 44.7 Å². The highest BCUT2D eigenvalue weighted by molar-refractivity contribution is 5.82. The van der Waals surface area contributed by atoms with E-state index in [-0.39, 0.29) is 18.6 Å². The molecular weight excluding hydrogens is 180 g/mol. The van der Waals surface area contributed by atoms with Crippen molar-refractivity contribution in [2.24, 2.45) is 0 Å². The Morgan fingerprint density at radius 1 is 1.57 bits per heavy atom. The highest BCUT2D eigenvalue weighted by atomic mass is 16.3. The first kappa shape index (κ1) is 11.5. The molecule has 4 heteroatoms. The summed E-state index contributed by atoms with van der Waals surface area (Å²) < 4.78 is 0. The average molecular weight is 200 g/mol. The smallest absolute Gasteiger partial charge is 0.237 e. The Labute approximate surface area is 85.1 Å². The van der Waals surface area contributed by atoms with Crippen LogP contribution in [0.3, 0.4) is 0 Å². The molecule has 1 aliphatic rings. The van der Waals surface area contributed by atoms with E-state index < -0.39 is 5.54 Å². The summed E-state index contributed by atoms with van der Waals surface area (Å²) in [5.41, 5.74) is -0.518. The molecule has 1 aliphatic heterocycles. The maximum Gasteiger partial charge on any atom is 0.237 e. The molecule has 82 valence electrons. The Hall–Kier alpha value is -0.610. The summed E-state index contributed by atoms with van der Waals surface area (Å²) in [6, 6.07) is -0.0745. The molecule has 1 fully saturated rings. The van der Waals surface area contributed by atoms with Gasteiger partial charge in [0.05, 0.1) is 18.2 Å². The quantitative estimate of drug-likeness (QED) is 0.601. The lowest BCUT2D eigenvalue weighted by Crippen LogP contribution is -2.54. The monoisotopic (exact) mass is 200 g/mol. The zero-order chi connectivity index (χ0) is 10.6. The van der Waals surface area contributed by atoms with Gasteiger partial charge in [0.2, 0.25) is 5.91 Å². The van der Waals surface area contributed by atoms with Crippen LogP contribution in [0.5, 0.6) is 0 Å². The van der Waals surface area contributed by atoms with E-state index in [2.05, 4.69) is 10.6 Å². The van der Waals surface area contributed by atoms with E-state index in [0.29, 0.717) is 0 Å². The minimum atomic E-state index is -0.518. The molecule has 0 bridgehead atoms. The van der Waals surface area contributed by atoms with Gasteiger partial charge in [0, 0.05) is 0 Å². The maximum atomic E-state index is 11.7. The second-order valence-corrected chi connectivity index (χ2v) is 4.53. The Balaban J connectivity index is 2.40. The number of hydrogen-bond acceptors (Lipinski definition) is 3. The molecule has 1 amide bonds. The molecule has 3 N–H and O–H groups in total. The summed E-state index contributed by atoms with van der Waals surface area (Å²) in [4.78, 5) is 11.7. The first-order chi connectivity index (χ1) is 6.55. The molecule has 1 atom stereocenters. The topological polar surface area (TPSA) is 61.4 Å². The van der Waals surface area contributed by atoms with Crippen LogP contribution in [-0.4, -0.2) is 35.7 Å². The number of carbonyl (C=O) groups is 1. The van der Waals surface area contributed by atoms with E-state index in [0.717, 1.165) is 25.8 Å². The lowest BCUT2D eigenvalue weighted by molar-refractivity contribution is -0.125. The van der Waals surface area contributed by atoms with Gasteiger partial charge in [0.25, 0.3) is 0 Å². The molecule has 0 unspecified atom stereocenters. The van der Waals surface area contributed by atoms with Gasteiger partial charge in [-0.3, -0.25) is 4.79 Å². The molecule has 1 rings (SSSR count). The SMILES string of the molecule is CC(C)(CO)NC(=O)[C@H]1CCCCN1. The Morgan fingerprint density at radius 3 is 2.79 bits per heavy atom. The van der Waals surface area contributed by atoms with E-state index in [4.69, 9.17) is 5.11 Å². The van der Waals surface area contributed by atoms with Crippen LogP contribution in [0.4, 0.5) is 0 Å². The van der Waals surface area contributed by atoms with Crippen LogP contribution >= 0.6 is 0 Å². The van der Waals surface area contributed by atoms with Gasteiger partial charge in [0.1, 0.15) is 0 Å². The molecule has 0 aromatic rings. The minimum absolute atomic E-state index is 0.00347. The standard InChI is InChI=1S/C10H20N2O2/c1-10(2,7-13)12-9(14)8-5-3-4-6-11-8/h8,11,13H,3-7H2,1-2H3,(H,12,14)/t8-/m1/s1. The third-order valence-corrected chi connectivity index (χ3v) is 2.48. The zero-order valence-electron chi connectivity index (χ0n) is 8.97. The largest absolute Gasteiger partial charge is 0.394 e. The fourth-order valence-corrected chi connectivity index (χ4v) is 1.54. The second kappa shape index (κ2) is 4.75. The lowest BCUT2D eigenvalue weighted by atomic mass is 10.0. The highest BCUT2D eigenvalue weighted by Gasteiger charge is 2.25. The van der Waals surface area contributed by atoms with Crippen molar-refractivity contribution < 1.29 is 9.90 Å². The molecule has 1 heterocycles. The first-order valence-electron chi connectivity index (χ1n) is 5.21. The minimum Gasteiger partial charge on any atom is -0.394 e. The van der Waals surface area contributed by atoms with Gasteiger partial charge in [-0.1, -0.05) is 6.42 Å². The summed E-state index contributed by atoms with van der Waals surface area (Å²) in [7, 11) is 0. The maximum absolute atomic E-state index is 11.7. The van der Waals surface area contributed by atoms with Crippen LogP contribution in [0.25, 0.3) is 0 Å². The van der Waals surface area contributed by atoms with Gasteiger partial charge in [-0.05, 0) is 33.2 Å². The summed E-state index contributed by atoms with van der Waals surface area (Å²) in [5.74, 6) is 0.00347. The number of rotatable bonds is 3. The number of piperidine rings is 1. The molecule has 0 aromatic heterocycles. The van der Waals surface area contributed by atoms with Crippen molar-refractivity contribution in [1.29, 1.82) is 0 Å². The van der Waals surface area contributed by atoms with Crippen LogP contribution in [0.1, 0.15) is 33.1 Å². The third-order valence-electron chi connectivity index (χ3n) is 2.48. The summed E-state index contributed by atoms with van der Waals surface area (Å²) in [6.45, 7) is 4.50. The average Bonchev–Trinajstić information content (AvgIpc) is 2.19. The molecular formula is C10H20N2O2. The van der Waals surface area contributed by atoms with Crippen molar-refractivity contribution in [3.8, 4) is 0 Å². The fraction of sp³-hybridized carbons (Fsp3) is 0.900. The highest BCUT2D eigenvalue weighted by Crippen LogP contribution is 2.08. The summed E-state index contributed by atoms with van der Waals surface area (Å²) in [6.07, 6.45) is 3.14. The van der Waals surface area contributed by atoms with Crippen molar-refractivity contribution in [1.82, 2.24) is 10.6 Å². The third kappa shape index (κ3) is 3.27. The Kier molecular flexibility index (Phi) is 3.89. The fourth-order valence-electron chi connectivity index (χ4n) is 1.54. The van der Waals surface area contributed by atoms with Crippen molar-refractivity contribution >= 4 is 5.91 Å². The van der Waals surface area contributed by atoms with E-state index >= 15 is 0 Å². The molecule has 0 saturated carbocycles. The number of amides is 1. The Bertz CT molecular complexity index is 198. The molecule has 0 aliphatic carbocycles. The van der Waals surface area contributed by atoms with Gasteiger partial charge in [-0.15, -0.1) is 0 Å². The van der Waals surface area contributed by atoms with Crippen molar-refractivity contribution in [3.63, 3.8) is 0 Å². The number of carbonyl (C=O) groups excluding carboxylic acids is 1. The van der Waals surface area contributed by atoms with Gasteiger partial charge in [-0.2, -0.15) is 0 Å². The lowest BCUT2D eigenvalue weighted by Gasteiger charge is -2.29. The van der Waals surface area contributed by atoms with Crippen LogP contribution in [0, 0.1) is 0 Å². The van der Waals surface area contributed by atoms with E-state index in [9.17, 15) is 4.79 Å². The van der Waals surface area contributed by atoms with Crippen LogP contribution in [-0.2, 0) is 4.79 Å². The van der Waals surface area contributed by atoms with Crippen LogP contribution in [0.2, 0.25) is 0 Å². The number of aliphatic hydroxyl groups excluding tert-OH is 1. The predicted octanol–water partition coefficient (Wildman–Crippen LogP) is 0.0156. The van der Waals surface area contributed by atoms with Crippen LogP contribution < -0.4 is 10.6 Å². The van der Waals surface area contributed by atoms with E-state index in [1.54, 1.807) is 0 Å². The van der Waals surface area contributed by atoms with Gasteiger partial charge < -0.3 is 15.7 Å². The number of aliphatic hydroxyl groups is 1. The number of hydrogen-bond donors (Lipinski definition) is 3. The molecule has 0 radical (unpaired) electrons. The van der Waals surface area contributed by atoms with Gasteiger partial charge >= 0.3 is 0 Å². The first-order valence-corrected chi connectivity index (χ1v) is 5.21. The molecule has 4 nitrogen and oxygen atoms in total. The Morgan fingerprint density at radius 2 is 2.29 bits per heavy atom. The van der Waals surface area contributed by atoms with E-state index in [1.807, 2.05) is 13.8 Å². The zero-order valence-corrected chi connectivity index (χ0v) is 8.97. The van der Waals surface area contributed by atoms with E-state index in [1.165, 1.54) is 0 Å².